The van der Waals surface area contributed by atoms with Crippen LogP contribution in [0.5, 0.6) is 17.2 Å². The first kappa shape index (κ1) is 29.5. The van der Waals surface area contributed by atoms with E-state index in [4.69, 9.17) is 13.9 Å². The first-order valence-corrected chi connectivity index (χ1v) is 16.8. The van der Waals surface area contributed by atoms with Crippen LogP contribution in [-0.4, -0.2) is 47.9 Å². The van der Waals surface area contributed by atoms with Gasteiger partial charge in [0.1, 0.15) is 17.2 Å². The lowest BCUT2D eigenvalue weighted by molar-refractivity contribution is 0.0690. The Morgan fingerprint density at radius 3 is 2.40 bits per heavy atom. The monoisotopic (exact) mass is 590 g/mol. The van der Waals surface area contributed by atoms with Crippen molar-refractivity contribution in [3.63, 3.8) is 0 Å². The van der Waals surface area contributed by atoms with Gasteiger partial charge in [-0.2, -0.15) is 0 Å². The van der Waals surface area contributed by atoms with E-state index >= 15 is 0 Å². The minimum atomic E-state index is -1.96. The van der Waals surface area contributed by atoms with Crippen LogP contribution >= 0.6 is 0 Å². The Kier molecular flexibility index (Phi) is 7.27. The zero-order valence-corrected chi connectivity index (χ0v) is 26.4. The molecule has 0 unspecified atom stereocenters. The predicted octanol–water partition coefficient (Wildman–Crippen LogP) is 5.90. The summed E-state index contributed by atoms with van der Waals surface area (Å²) >= 11 is 0. The number of aromatic hydroxyl groups is 1. The highest BCUT2D eigenvalue weighted by atomic mass is 28.4. The van der Waals surface area contributed by atoms with E-state index in [0.29, 0.717) is 41.3 Å². The number of hydrogen-bond donors (Lipinski definition) is 2. The van der Waals surface area contributed by atoms with E-state index in [-0.39, 0.29) is 11.6 Å². The second-order valence-electron chi connectivity index (χ2n) is 12.4. The average molecular weight is 591 g/mol. The van der Waals surface area contributed by atoms with Gasteiger partial charge in [-0.05, 0) is 54.0 Å². The number of ether oxygens (including phenoxy) is 2. The molecular formula is C32H38N2O7Si. The van der Waals surface area contributed by atoms with Crippen LogP contribution in [0.3, 0.4) is 0 Å². The second kappa shape index (κ2) is 10.4. The standard InChI is InChI=1S/C32H38N2O7Si/c1-32(2,3)42(7,8)41-17-21-11-20-13-23-19(14-25(20)33(21)4)12-24-28(23)34(30(36)27(29(24)35)31(37)38)16-18-9-10-22(39-5)15-26(18)40-6/h9-11,13-15,35H,12,16-17H2,1-8H3,(H,37,38). The molecule has 0 bridgehead atoms. The van der Waals surface area contributed by atoms with Crippen molar-refractivity contribution in [2.24, 2.45) is 7.05 Å². The van der Waals surface area contributed by atoms with Gasteiger partial charge in [-0.1, -0.05) is 20.8 Å². The van der Waals surface area contributed by atoms with Gasteiger partial charge in [-0.25, -0.2) is 4.79 Å². The van der Waals surface area contributed by atoms with Gasteiger partial charge >= 0.3 is 5.97 Å². The number of nitrogens with zero attached hydrogens (tertiary/aromatic N) is 2. The molecule has 0 amide bonds. The van der Waals surface area contributed by atoms with Crippen LogP contribution in [0.2, 0.25) is 18.1 Å². The molecule has 2 N–H and O–H groups in total. The zero-order chi connectivity index (χ0) is 30.7. The summed E-state index contributed by atoms with van der Waals surface area (Å²) < 4.78 is 20.9. The normalized spacial score (nSPS) is 12.9. The van der Waals surface area contributed by atoms with Gasteiger partial charge < -0.3 is 33.2 Å². The number of carbonyl (C=O) groups is 1. The van der Waals surface area contributed by atoms with E-state index in [2.05, 4.69) is 50.6 Å². The third-order valence-electron chi connectivity index (χ3n) is 8.95. The van der Waals surface area contributed by atoms with Gasteiger partial charge in [0.25, 0.3) is 5.56 Å². The fourth-order valence-corrected chi connectivity index (χ4v) is 6.33. The first-order chi connectivity index (χ1) is 19.7. The summed E-state index contributed by atoms with van der Waals surface area (Å²) in [6.07, 6.45) is 0.299. The molecule has 0 saturated heterocycles. The minimum absolute atomic E-state index is 0.0484. The maximum atomic E-state index is 13.6. The summed E-state index contributed by atoms with van der Waals surface area (Å²) in [6, 6.07) is 11.4. The van der Waals surface area contributed by atoms with Gasteiger partial charge in [-0.15, -0.1) is 0 Å². The van der Waals surface area contributed by atoms with Crippen molar-refractivity contribution in [3.05, 3.63) is 74.7 Å². The number of pyridine rings is 1. The van der Waals surface area contributed by atoms with Gasteiger partial charge in [-0.3, -0.25) is 4.79 Å². The van der Waals surface area contributed by atoms with Crippen LogP contribution < -0.4 is 15.0 Å². The molecule has 2 heterocycles. The summed E-state index contributed by atoms with van der Waals surface area (Å²) in [5, 5.41) is 22.0. The Labute approximate surface area is 246 Å². The fourth-order valence-electron chi connectivity index (χ4n) is 5.39. The number of fused-ring (bicyclic) bond motifs is 4. The Morgan fingerprint density at radius 2 is 1.79 bits per heavy atom. The van der Waals surface area contributed by atoms with Crippen molar-refractivity contribution in [2.45, 2.75) is 58.5 Å². The Hall–Kier alpha value is -4.02. The highest BCUT2D eigenvalue weighted by molar-refractivity contribution is 6.74. The number of aromatic nitrogens is 2. The smallest absolute Gasteiger partial charge is 0.345 e. The molecule has 10 heteroatoms. The summed E-state index contributed by atoms with van der Waals surface area (Å²) in [5.41, 5.74) is 3.93. The van der Waals surface area contributed by atoms with Crippen LogP contribution in [0.1, 0.15) is 53.5 Å². The lowest BCUT2D eigenvalue weighted by Gasteiger charge is -2.36. The predicted molar refractivity (Wildman–Crippen MR) is 165 cm³/mol. The van der Waals surface area contributed by atoms with Crippen molar-refractivity contribution in [2.75, 3.05) is 14.2 Å². The number of carboxylic acids is 1. The van der Waals surface area contributed by atoms with E-state index in [9.17, 15) is 19.8 Å². The number of methoxy groups -OCH3 is 2. The van der Waals surface area contributed by atoms with Crippen molar-refractivity contribution < 1.29 is 28.9 Å². The maximum absolute atomic E-state index is 13.6. The molecule has 0 atom stereocenters. The summed E-state index contributed by atoms with van der Waals surface area (Å²) in [6.45, 7) is 11.7. The van der Waals surface area contributed by atoms with Crippen LogP contribution in [0, 0.1) is 0 Å². The molecule has 0 radical (unpaired) electrons. The topological polar surface area (TPSA) is 112 Å². The molecule has 5 rings (SSSR count). The van der Waals surface area contributed by atoms with Crippen LogP contribution in [0.15, 0.2) is 41.2 Å². The Bertz CT molecular complexity index is 1790. The highest BCUT2D eigenvalue weighted by Crippen LogP contribution is 2.44. The average Bonchev–Trinajstić information content (AvgIpc) is 3.45. The minimum Gasteiger partial charge on any atom is -0.506 e. The van der Waals surface area contributed by atoms with Crippen LogP contribution in [0.25, 0.3) is 22.2 Å². The highest BCUT2D eigenvalue weighted by Gasteiger charge is 2.37. The molecule has 1 aliphatic carbocycles. The number of carboxylic acid groups (broad SMARTS) is 1. The first-order valence-electron chi connectivity index (χ1n) is 13.9. The molecular weight excluding hydrogens is 552 g/mol. The van der Waals surface area contributed by atoms with E-state index in [1.165, 1.54) is 11.7 Å². The number of benzene rings is 2. The molecule has 0 aliphatic heterocycles. The molecule has 222 valence electrons. The van der Waals surface area contributed by atoms with E-state index in [1.54, 1.807) is 25.3 Å². The molecule has 1 aliphatic rings. The summed E-state index contributed by atoms with van der Waals surface area (Å²) in [4.78, 5) is 25.8. The lowest BCUT2D eigenvalue weighted by atomic mass is 10.1. The molecule has 42 heavy (non-hydrogen) atoms. The van der Waals surface area contributed by atoms with Crippen molar-refractivity contribution in [1.29, 1.82) is 0 Å². The van der Waals surface area contributed by atoms with Crippen LogP contribution in [0.4, 0.5) is 0 Å². The Balaban J connectivity index is 1.65. The Morgan fingerprint density at radius 1 is 1.07 bits per heavy atom. The molecule has 9 nitrogen and oxygen atoms in total. The number of hydrogen-bond acceptors (Lipinski definition) is 6. The van der Waals surface area contributed by atoms with Gasteiger partial charge in [0, 0.05) is 52.8 Å². The third kappa shape index (κ3) is 4.78. The van der Waals surface area contributed by atoms with E-state index < -0.39 is 31.2 Å². The third-order valence-corrected chi connectivity index (χ3v) is 13.4. The summed E-state index contributed by atoms with van der Waals surface area (Å²) in [5.74, 6) is -0.856. The quantitative estimate of drug-likeness (QED) is 0.216. The molecule has 4 aromatic rings. The van der Waals surface area contributed by atoms with E-state index in [0.717, 1.165) is 27.7 Å². The van der Waals surface area contributed by atoms with Crippen molar-refractivity contribution in [1.82, 2.24) is 9.13 Å². The van der Waals surface area contributed by atoms with Gasteiger partial charge in [0.2, 0.25) is 0 Å². The van der Waals surface area contributed by atoms with Crippen LogP contribution in [-0.2, 0) is 31.0 Å². The maximum Gasteiger partial charge on any atom is 0.345 e. The fraction of sp³-hybridized carbons (Fsp3) is 0.375. The zero-order valence-electron chi connectivity index (χ0n) is 25.4. The lowest BCUT2D eigenvalue weighted by Crippen LogP contribution is -2.40. The molecule has 2 aromatic heterocycles. The number of rotatable bonds is 8. The second-order valence-corrected chi connectivity index (χ2v) is 17.2. The summed E-state index contributed by atoms with van der Waals surface area (Å²) in [7, 11) is 3.13. The van der Waals surface area contributed by atoms with Gasteiger partial charge in [0.05, 0.1) is 33.1 Å². The number of aromatic carboxylic acids is 1. The van der Waals surface area contributed by atoms with E-state index in [1.807, 2.05) is 13.1 Å². The molecule has 0 spiro atoms. The molecule has 0 saturated carbocycles. The van der Waals surface area contributed by atoms with Gasteiger partial charge in [0.15, 0.2) is 13.9 Å². The van der Waals surface area contributed by atoms with Crippen molar-refractivity contribution >= 4 is 25.2 Å². The largest absolute Gasteiger partial charge is 0.506 e. The SMILES string of the molecule is COc1ccc(Cn2c3c(c(O)c(C(=O)O)c2=O)Cc2cc4c(cc2-3)cc(CO[Si](C)(C)C(C)(C)C)n4C)c(OC)c1. The number of aryl methyl sites for hydroxylation is 1. The molecule has 2 aromatic carbocycles. The molecule has 0 fully saturated rings. The van der Waals surface area contributed by atoms with Crippen molar-refractivity contribution in [3.8, 4) is 28.5 Å².